The number of ether oxygens (including phenoxy) is 2. The molecule has 1 atom stereocenters. The molecular weight excluding hydrogens is 445 g/mol. The van der Waals surface area contributed by atoms with Gasteiger partial charge in [-0.15, -0.1) is 0 Å². The van der Waals surface area contributed by atoms with E-state index in [4.69, 9.17) is 9.47 Å². The van der Waals surface area contributed by atoms with Crippen LogP contribution in [0, 0.1) is 0 Å². The molecule has 2 aliphatic rings. The smallest absolute Gasteiger partial charge is 0.376 e. The number of anilines is 1. The van der Waals surface area contributed by atoms with Crippen LogP contribution in [0.2, 0.25) is 6.82 Å². The van der Waals surface area contributed by atoms with E-state index in [0.29, 0.717) is 44.2 Å². The van der Waals surface area contributed by atoms with E-state index in [0.717, 1.165) is 31.7 Å². The minimum absolute atomic E-state index is 0.106. The van der Waals surface area contributed by atoms with Crippen LogP contribution in [0.3, 0.4) is 0 Å². The third-order valence-corrected chi connectivity index (χ3v) is 6.87. The second-order valence-electron chi connectivity index (χ2n) is 9.33. The third-order valence-electron chi connectivity index (χ3n) is 6.87. The highest BCUT2D eigenvalue weighted by molar-refractivity contribution is 6.45. The van der Waals surface area contributed by atoms with Crippen molar-refractivity contribution in [2.24, 2.45) is 0 Å². The van der Waals surface area contributed by atoms with Crippen LogP contribution >= 0.6 is 0 Å². The molecule has 2 aromatic rings. The van der Waals surface area contributed by atoms with Crippen molar-refractivity contribution < 1.29 is 24.4 Å². The second kappa shape index (κ2) is 12.0. The van der Waals surface area contributed by atoms with Crippen molar-refractivity contribution in [2.75, 3.05) is 44.4 Å². The van der Waals surface area contributed by atoms with Crippen molar-refractivity contribution in [2.45, 2.75) is 51.6 Å². The maximum Gasteiger partial charge on any atom is 0.376 e. The van der Waals surface area contributed by atoms with Crippen LogP contribution in [0.4, 0.5) is 5.82 Å². The van der Waals surface area contributed by atoms with Gasteiger partial charge in [0, 0.05) is 32.1 Å². The Morgan fingerprint density at radius 3 is 2.54 bits per heavy atom. The summed E-state index contributed by atoms with van der Waals surface area (Å²) in [5.41, 5.74) is 3.03. The molecule has 2 N–H and O–H groups in total. The maximum absolute atomic E-state index is 13.0. The lowest BCUT2D eigenvalue weighted by Gasteiger charge is -2.31. The fraction of sp³-hybridized carbons (Fsp3) is 0.538. The fourth-order valence-electron chi connectivity index (χ4n) is 5.00. The Labute approximate surface area is 208 Å². The Morgan fingerprint density at radius 1 is 1.23 bits per heavy atom. The Morgan fingerprint density at radius 2 is 1.91 bits per heavy atom. The number of nitrogens with zero attached hydrogens (tertiary/aromatic N) is 3. The number of hydrogen-bond donors (Lipinski definition) is 2. The highest BCUT2D eigenvalue weighted by Gasteiger charge is 2.32. The molecule has 0 radical (unpaired) electrons. The summed E-state index contributed by atoms with van der Waals surface area (Å²) in [7, 11) is -0.679. The molecule has 0 amide bonds. The number of aromatic nitrogens is 1. The molecule has 0 spiro atoms. The van der Waals surface area contributed by atoms with Crippen LogP contribution in [0.25, 0.3) is 0 Å². The van der Waals surface area contributed by atoms with Crippen molar-refractivity contribution in [3.05, 3.63) is 53.1 Å². The Balaban J connectivity index is 1.35. The maximum atomic E-state index is 13.0. The number of rotatable bonds is 11. The topological polar surface area (TPSA) is 95.4 Å². The van der Waals surface area contributed by atoms with Crippen molar-refractivity contribution in [3.8, 4) is 5.88 Å². The molecular formula is C26H36BN3O5. The van der Waals surface area contributed by atoms with Gasteiger partial charge in [0.25, 0.3) is 0 Å². The van der Waals surface area contributed by atoms with E-state index < -0.39 is 13.2 Å². The summed E-state index contributed by atoms with van der Waals surface area (Å²) >= 11 is 0. The van der Waals surface area contributed by atoms with E-state index in [9.17, 15) is 14.9 Å². The van der Waals surface area contributed by atoms with Crippen LogP contribution < -0.4 is 9.64 Å². The molecule has 1 aromatic carbocycles. The first-order chi connectivity index (χ1) is 17.0. The van der Waals surface area contributed by atoms with Gasteiger partial charge in [0.05, 0.1) is 31.5 Å². The van der Waals surface area contributed by atoms with Crippen LogP contribution in [-0.4, -0.2) is 84.4 Å². The molecule has 0 unspecified atom stereocenters. The number of fused-ring (bicyclic) bond motifs is 1. The summed E-state index contributed by atoms with van der Waals surface area (Å²) < 4.78 is 11.1. The van der Waals surface area contributed by atoms with E-state index in [2.05, 4.69) is 22.0 Å². The molecule has 9 heteroatoms. The summed E-state index contributed by atoms with van der Waals surface area (Å²) in [5.74, 6) is 1.01. The van der Waals surface area contributed by atoms with Gasteiger partial charge in [0.1, 0.15) is 5.82 Å². The van der Waals surface area contributed by atoms with Gasteiger partial charge in [-0.2, -0.15) is 4.98 Å². The largest absolute Gasteiger partial charge is 0.477 e. The van der Waals surface area contributed by atoms with E-state index in [1.54, 1.807) is 12.9 Å². The van der Waals surface area contributed by atoms with Crippen molar-refractivity contribution >= 4 is 18.7 Å². The predicted octanol–water partition coefficient (Wildman–Crippen LogP) is 2.22. The zero-order valence-electron chi connectivity index (χ0n) is 20.7. The van der Waals surface area contributed by atoms with Gasteiger partial charge < -0.3 is 29.3 Å². The minimum Gasteiger partial charge on any atom is -0.477 e. The summed E-state index contributed by atoms with van der Waals surface area (Å²) in [4.78, 5) is 21.7. The molecule has 35 heavy (non-hydrogen) atoms. The first-order valence-corrected chi connectivity index (χ1v) is 12.6. The van der Waals surface area contributed by atoms with Crippen molar-refractivity contribution in [1.82, 2.24) is 9.79 Å². The van der Waals surface area contributed by atoms with Crippen LogP contribution in [-0.2, 0) is 17.6 Å². The summed E-state index contributed by atoms with van der Waals surface area (Å²) in [5, 5.41) is 21.2. The molecule has 1 fully saturated rings. The number of morpholine rings is 1. The van der Waals surface area contributed by atoms with Crippen LogP contribution in [0.5, 0.6) is 5.88 Å². The van der Waals surface area contributed by atoms with E-state index >= 15 is 0 Å². The lowest BCUT2D eigenvalue weighted by molar-refractivity contribution is 0.0890. The first-order valence-electron chi connectivity index (χ1n) is 12.6. The monoisotopic (exact) mass is 481 g/mol. The molecule has 1 aromatic heterocycles. The first kappa shape index (κ1) is 25.6. The highest BCUT2D eigenvalue weighted by Crippen LogP contribution is 2.27. The van der Waals surface area contributed by atoms with E-state index in [-0.39, 0.29) is 18.2 Å². The van der Waals surface area contributed by atoms with Gasteiger partial charge in [-0.05, 0) is 56.3 Å². The number of carbonyl (C=O) groups is 1. The lowest BCUT2D eigenvalue weighted by Crippen LogP contribution is -2.49. The summed E-state index contributed by atoms with van der Waals surface area (Å²) in [6.07, 6.45) is 1.46. The summed E-state index contributed by atoms with van der Waals surface area (Å²) in [6, 6.07) is 12.1. The van der Waals surface area contributed by atoms with Gasteiger partial charge in [0.15, 0.2) is 5.78 Å². The van der Waals surface area contributed by atoms with E-state index in [1.807, 2.05) is 29.9 Å². The molecule has 1 saturated heterocycles. The van der Waals surface area contributed by atoms with Gasteiger partial charge in [-0.25, -0.2) is 0 Å². The SMILES string of the molecule is CCOc1nc(N2CCOCC2)ccc1C(=O)CC[C@@H](O)CN(B(C)O)C1Cc2ccccc2C1. The molecule has 2 heterocycles. The van der Waals surface area contributed by atoms with Crippen LogP contribution in [0.1, 0.15) is 41.3 Å². The van der Waals surface area contributed by atoms with E-state index in [1.165, 1.54) is 11.1 Å². The van der Waals surface area contributed by atoms with Gasteiger partial charge in [-0.3, -0.25) is 4.79 Å². The average Bonchev–Trinajstić information content (AvgIpc) is 3.30. The highest BCUT2D eigenvalue weighted by atomic mass is 16.5. The van der Waals surface area contributed by atoms with Crippen molar-refractivity contribution in [3.63, 3.8) is 0 Å². The lowest BCUT2D eigenvalue weighted by atomic mass is 9.81. The normalized spacial score (nSPS) is 16.9. The minimum atomic E-state index is -0.728. The van der Waals surface area contributed by atoms with Crippen molar-refractivity contribution in [1.29, 1.82) is 0 Å². The summed E-state index contributed by atoms with van der Waals surface area (Å²) in [6.45, 7) is 7.14. The number of hydrogen-bond acceptors (Lipinski definition) is 8. The molecule has 1 aliphatic heterocycles. The number of aliphatic hydroxyl groups excluding tert-OH is 1. The Hall–Kier alpha value is -2.46. The average molecular weight is 481 g/mol. The molecule has 0 saturated carbocycles. The predicted molar refractivity (Wildman–Crippen MR) is 136 cm³/mol. The number of Topliss-reactive ketones (excluding diaryl/α,β-unsaturated/α-hetero) is 1. The molecule has 188 valence electrons. The molecule has 1 aliphatic carbocycles. The zero-order chi connectivity index (χ0) is 24.8. The van der Waals surface area contributed by atoms with Gasteiger partial charge in [-0.1, -0.05) is 24.3 Å². The van der Waals surface area contributed by atoms with Gasteiger partial charge >= 0.3 is 7.05 Å². The van der Waals surface area contributed by atoms with Crippen LogP contribution in [0.15, 0.2) is 36.4 Å². The standard InChI is InChI=1S/C26H36BN3O5/c1-3-35-26-23(9-11-25(28-26)29-12-14-34-15-13-29)24(32)10-8-22(31)18-30(27(2)33)21-16-19-6-4-5-7-20(19)17-21/h4-7,9,11,21-22,31,33H,3,8,10,12-18H2,1-2H3/t22-/m1/s1. The third kappa shape index (κ3) is 6.41. The number of benzene rings is 1. The quantitative estimate of drug-likeness (QED) is 0.373. The number of carbonyl (C=O) groups excluding carboxylic acids is 1. The zero-order valence-corrected chi connectivity index (χ0v) is 20.7. The second-order valence-corrected chi connectivity index (χ2v) is 9.33. The Bertz CT molecular complexity index is 974. The Kier molecular flexibility index (Phi) is 8.78. The molecule has 0 bridgehead atoms. The number of pyridine rings is 1. The molecule has 4 rings (SSSR count). The number of ketones is 1. The molecule has 8 nitrogen and oxygen atoms in total. The fourth-order valence-corrected chi connectivity index (χ4v) is 5.00. The van der Waals surface area contributed by atoms with Gasteiger partial charge in [0.2, 0.25) is 5.88 Å². The number of aliphatic hydroxyl groups is 1.